The lowest BCUT2D eigenvalue weighted by Gasteiger charge is -2.01. The number of thioether (sulfide) groups is 1. The molecule has 0 saturated carbocycles. The van der Waals surface area contributed by atoms with Crippen LogP contribution in [0.1, 0.15) is 6.42 Å². The zero-order valence-electron chi connectivity index (χ0n) is 4.79. The smallest absolute Gasteiger partial charge is 0.112 e. The van der Waals surface area contributed by atoms with Crippen molar-refractivity contribution in [3.05, 3.63) is 29.0 Å². The molecule has 0 amide bonds. The normalized spacial score (nSPS) is 21.3. The van der Waals surface area contributed by atoms with Crippen molar-refractivity contribution in [2.45, 2.75) is 6.42 Å². The van der Waals surface area contributed by atoms with Crippen LogP contribution in [0.15, 0.2) is 34.0 Å². The van der Waals surface area contributed by atoms with Gasteiger partial charge >= 0.3 is 0 Å². The molecule has 0 N–H and O–H groups in total. The molecule has 0 aromatic heterocycles. The minimum atomic E-state index is 1.00. The van der Waals surface area contributed by atoms with Crippen molar-refractivity contribution in [3.8, 4) is 0 Å². The van der Waals surface area contributed by atoms with Crippen molar-refractivity contribution < 1.29 is 0 Å². The van der Waals surface area contributed by atoms with Crippen LogP contribution in [-0.2, 0) is 0 Å². The zero-order valence-corrected chi connectivity index (χ0v) is 5.61. The van der Waals surface area contributed by atoms with E-state index < -0.39 is 0 Å². The predicted molar refractivity (Wildman–Crippen MR) is 40.4 cm³/mol. The molecule has 0 radical (unpaired) electrons. The van der Waals surface area contributed by atoms with E-state index in [2.05, 4.69) is 10.7 Å². The lowest BCUT2D eigenvalue weighted by Crippen LogP contribution is -1.94. The minimum absolute atomic E-state index is 1.00. The number of nitrogens with zero attached hydrogens (tertiary/aromatic N) is 1. The second kappa shape index (κ2) is 1.90. The Morgan fingerprint density at radius 2 is 2.67 bits per heavy atom. The lowest BCUT2D eigenvalue weighted by molar-refractivity contribution is 1.28. The summed E-state index contributed by atoms with van der Waals surface area (Å²) in [5.74, 6) is 0. The number of rotatable bonds is 0. The number of aliphatic imine (C=N–C) groups is 1. The molecule has 0 fully saturated rings. The maximum absolute atomic E-state index is 4.16. The summed E-state index contributed by atoms with van der Waals surface area (Å²) < 4.78 is 0. The van der Waals surface area contributed by atoms with E-state index in [4.69, 9.17) is 0 Å². The molecule has 2 rings (SSSR count). The van der Waals surface area contributed by atoms with Crippen LogP contribution in [0.25, 0.3) is 0 Å². The van der Waals surface area contributed by atoms with Crippen molar-refractivity contribution in [2.75, 3.05) is 0 Å². The van der Waals surface area contributed by atoms with Gasteiger partial charge in [-0.2, -0.15) is 0 Å². The molecule has 2 aliphatic heterocycles. The Morgan fingerprint density at radius 1 is 1.67 bits per heavy atom. The summed E-state index contributed by atoms with van der Waals surface area (Å²) in [5, 5.41) is 3.08. The molecule has 1 nitrogen and oxygen atoms in total. The van der Waals surface area contributed by atoms with E-state index in [1.807, 2.05) is 17.7 Å². The number of fused-ring (bicyclic) bond motifs is 1. The summed E-state index contributed by atoms with van der Waals surface area (Å²) in [5.41, 5.74) is 4.37. The van der Waals surface area contributed by atoms with E-state index in [1.165, 1.54) is 5.57 Å². The Hall–Kier alpha value is -0.720. The summed E-state index contributed by atoms with van der Waals surface area (Å²) in [6, 6.07) is 0. The SMILES string of the molecule is C1=CSC2=NC=CCC=12. The van der Waals surface area contributed by atoms with Crippen LogP contribution in [-0.4, -0.2) is 5.04 Å². The van der Waals surface area contributed by atoms with Crippen LogP contribution in [0, 0.1) is 0 Å². The molecule has 0 aromatic rings. The molecule has 2 heteroatoms. The van der Waals surface area contributed by atoms with Crippen LogP contribution in [0.5, 0.6) is 0 Å². The second-order valence-electron chi connectivity index (χ2n) is 1.88. The highest BCUT2D eigenvalue weighted by molar-refractivity contribution is 8.17. The van der Waals surface area contributed by atoms with Gasteiger partial charge in [-0.3, -0.25) is 0 Å². The monoisotopic (exact) mass is 135 g/mol. The van der Waals surface area contributed by atoms with Crippen LogP contribution in [0.3, 0.4) is 0 Å². The Morgan fingerprint density at radius 3 is 3.56 bits per heavy atom. The predicted octanol–water partition coefficient (Wildman–Crippen LogP) is 2.09. The number of hydrogen-bond donors (Lipinski definition) is 0. The van der Waals surface area contributed by atoms with Gasteiger partial charge < -0.3 is 0 Å². The fraction of sp³-hybridized carbons (Fsp3) is 0.143. The van der Waals surface area contributed by atoms with Crippen molar-refractivity contribution in [1.29, 1.82) is 0 Å². The largest absolute Gasteiger partial charge is 0.249 e. The van der Waals surface area contributed by atoms with Gasteiger partial charge in [-0.05, 0) is 0 Å². The van der Waals surface area contributed by atoms with Gasteiger partial charge in [0.15, 0.2) is 0 Å². The van der Waals surface area contributed by atoms with Gasteiger partial charge in [-0.25, -0.2) is 4.99 Å². The average molecular weight is 135 g/mol. The third kappa shape index (κ3) is 0.766. The van der Waals surface area contributed by atoms with E-state index in [9.17, 15) is 0 Å². The molecule has 44 valence electrons. The molecule has 0 spiro atoms. The van der Waals surface area contributed by atoms with E-state index in [0.717, 1.165) is 11.5 Å². The fourth-order valence-electron chi connectivity index (χ4n) is 0.835. The van der Waals surface area contributed by atoms with Gasteiger partial charge in [0.25, 0.3) is 0 Å². The molecular formula is C7H5NS. The van der Waals surface area contributed by atoms with Crippen molar-refractivity contribution in [2.24, 2.45) is 4.99 Å². The maximum Gasteiger partial charge on any atom is 0.112 e. The second-order valence-corrected chi connectivity index (χ2v) is 2.74. The Balaban J connectivity index is 2.46. The van der Waals surface area contributed by atoms with Gasteiger partial charge in [0, 0.05) is 23.6 Å². The first kappa shape index (κ1) is 5.10. The van der Waals surface area contributed by atoms with E-state index in [0.29, 0.717) is 0 Å². The highest BCUT2D eigenvalue weighted by Gasteiger charge is 2.10. The number of allylic oxidation sites excluding steroid dienone is 1. The zero-order chi connectivity index (χ0) is 6.10. The van der Waals surface area contributed by atoms with Crippen LogP contribution in [0.2, 0.25) is 0 Å². The summed E-state index contributed by atoms with van der Waals surface area (Å²) in [4.78, 5) is 4.16. The van der Waals surface area contributed by atoms with Crippen molar-refractivity contribution in [1.82, 2.24) is 0 Å². The van der Waals surface area contributed by atoms with Gasteiger partial charge in [-0.1, -0.05) is 17.8 Å². The average Bonchev–Trinajstić information content (AvgIpc) is 2.33. The van der Waals surface area contributed by atoms with Gasteiger partial charge in [0.1, 0.15) is 5.04 Å². The highest BCUT2D eigenvalue weighted by atomic mass is 32.2. The van der Waals surface area contributed by atoms with E-state index >= 15 is 0 Å². The Labute approximate surface area is 57.9 Å². The van der Waals surface area contributed by atoms with Gasteiger partial charge in [-0.15, -0.1) is 5.73 Å². The first-order chi connectivity index (χ1) is 4.47. The summed E-state index contributed by atoms with van der Waals surface area (Å²) in [6.45, 7) is 0. The third-order valence-electron chi connectivity index (χ3n) is 1.28. The molecular weight excluding hydrogens is 130 g/mol. The van der Waals surface area contributed by atoms with E-state index in [1.54, 1.807) is 11.8 Å². The topological polar surface area (TPSA) is 12.4 Å². The molecule has 9 heavy (non-hydrogen) atoms. The molecule has 2 aliphatic rings. The maximum atomic E-state index is 4.16. The molecule has 2 heterocycles. The number of hydrogen-bond acceptors (Lipinski definition) is 2. The molecule has 0 bridgehead atoms. The molecule has 0 aliphatic carbocycles. The third-order valence-corrected chi connectivity index (χ3v) is 2.09. The summed E-state index contributed by atoms with van der Waals surface area (Å²) in [6.07, 6.45) is 4.90. The van der Waals surface area contributed by atoms with Crippen molar-refractivity contribution >= 4 is 16.8 Å². The Bertz CT molecular complexity index is 254. The molecule has 0 aromatic carbocycles. The van der Waals surface area contributed by atoms with Gasteiger partial charge in [0.05, 0.1) is 0 Å². The molecule has 0 saturated heterocycles. The van der Waals surface area contributed by atoms with Gasteiger partial charge in [0.2, 0.25) is 0 Å². The summed E-state index contributed by atoms with van der Waals surface area (Å²) >= 11 is 1.65. The lowest BCUT2D eigenvalue weighted by atomic mass is 10.2. The molecule has 0 unspecified atom stereocenters. The first-order valence-corrected chi connectivity index (χ1v) is 3.69. The van der Waals surface area contributed by atoms with Crippen LogP contribution in [0.4, 0.5) is 0 Å². The molecule has 0 atom stereocenters. The van der Waals surface area contributed by atoms with Crippen LogP contribution < -0.4 is 0 Å². The fourth-order valence-corrected chi connectivity index (χ4v) is 1.55. The highest BCUT2D eigenvalue weighted by Crippen LogP contribution is 2.24. The minimum Gasteiger partial charge on any atom is -0.249 e. The van der Waals surface area contributed by atoms with Crippen molar-refractivity contribution in [3.63, 3.8) is 0 Å². The Kier molecular flexibility index (Phi) is 1.08. The quantitative estimate of drug-likeness (QED) is 0.463. The standard InChI is InChI=1S/C7H5NS/c1-2-6-3-5-9-7(6)8-4-1/h1,4-5H,2H2. The summed E-state index contributed by atoms with van der Waals surface area (Å²) in [7, 11) is 0. The van der Waals surface area contributed by atoms with Crippen LogP contribution >= 0.6 is 11.8 Å². The first-order valence-electron chi connectivity index (χ1n) is 2.81. The van der Waals surface area contributed by atoms with E-state index in [-0.39, 0.29) is 0 Å².